The van der Waals surface area contributed by atoms with Crippen molar-refractivity contribution < 1.29 is 14.7 Å². The number of carbonyl (C=O) groups excluding carboxylic acids is 2. The summed E-state index contributed by atoms with van der Waals surface area (Å²) in [6.07, 6.45) is 0. The number of benzene rings is 3. The highest BCUT2D eigenvalue weighted by Gasteiger charge is 2.21. The van der Waals surface area contributed by atoms with Gasteiger partial charge in [0.15, 0.2) is 0 Å². The highest BCUT2D eigenvalue weighted by atomic mass is 79.9. The third-order valence-electron chi connectivity index (χ3n) is 3.92. The van der Waals surface area contributed by atoms with Crippen molar-refractivity contribution in [2.24, 2.45) is 0 Å². The van der Waals surface area contributed by atoms with Crippen LogP contribution in [0, 0.1) is 0 Å². The van der Waals surface area contributed by atoms with Gasteiger partial charge in [-0.05, 0) is 48.5 Å². The van der Waals surface area contributed by atoms with E-state index in [0.717, 1.165) is 0 Å². The van der Waals surface area contributed by atoms with Gasteiger partial charge in [-0.25, -0.2) is 0 Å². The third kappa shape index (κ3) is 5.20. The zero-order chi connectivity index (χ0) is 22.0. The molecule has 5 nitrogen and oxygen atoms in total. The number of amides is 2. The van der Waals surface area contributed by atoms with Crippen LogP contribution in [-0.2, 0) is 0 Å². The summed E-state index contributed by atoms with van der Waals surface area (Å²) in [4.78, 5) is 25.3. The second-order valence-electron chi connectivity index (χ2n) is 6.02. The minimum atomic E-state index is -0.643. The quantitative estimate of drug-likeness (QED) is 0.321. The Morgan fingerprint density at radius 2 is 1.10 bits per heavy atom. The molecule has 0 heterocycles. The molecule has 30 heavy (non-hydrogen) atoms. The molecule has 0 saturated carbocycles. The zero-order valence-corrected chi connectivity index (χ0v) is 19.4. The van der Waals surface area contributed by atoms with Crippen molar-refractivity contribution in [2.45, 2.75) is 0 Å². The maximum absolute atomic E-state index is 12.7. The molecule has 0 atom stereocenters. The fourth-order valence-corrected chi connectivity index (χ4v) is 3.54. The second kappa shape index (κ2) is 9.45. The second-order valence-corrected chi connectivity index (χ2v) is 8.56. The number of anilines is 2. The molecule has 3 aromatic rings. The lowest BCUT2D eigenvalue weighted by molar-refractivity contribution is 0.102. The first kappa shape index (κ1) is 22.7. The molecule has 2 amide bonds. The number of aromatic hydroxyl groups is 1. The van der Waals surface area contributed by atoms with Gasteiger partial charge < -0.3 is 15.7 Å². The Balaban J connectivity index is 1.88. The van der Waals surface area contributed by atoms with Crippen molar-refractivity contribution in [3.63, 3.8) is 0 Å². The number of nitrogens with one attached hydrogen (secondary N) is 2. The van der Waals surface area contributed by atoms with Gasteiger partial charge >= 0.3 is 0 Å². The van der Waals surface area contributed by atoms with Crippen LogP contribution in [0.25, 0.3) is 0 Å². The van der Waals surface area contributed by atoms with Gasteiger partial charge in [0.2, 0.25) is 0 Å². The lowest BCUT2D eigenvalue weighted by Gasteiger charge is -2.12. The van der Waals surface area contributed by atoms with E-state index in [0.29, 0.717) is 25.9 Å². The number of rotatable bonds is 4. The molecule has 0 aliphatic rings. The third-order valence-corrected chi connectivity index (χ3v) is 5.85. The maximum Gasteiger partial charge on any atom is 0.259 e. The van der Waals surface area contributed by atoms with Gasteiger partial charge in [-0.1, -0.05) is 62.3 Å². The zero-order valence-electron chi connectivity index (χ0n) is 14.8. The molecule has 0 aliphatic carbocycles. The molecule has 3 aromatic carbocycles. The molecule has 3 rings (SSSR count). The summed E-state index contributed by atoms with van der Waals surface area (Å²) in [7, 11) is 0. The molecule has 0 unspecified atom stereocenters. The number of phenols is 1. The number of hydrogen-bond acceptors (Lipinski definition) is 3. The van der Waals surface area contributed by atoms with E-state index < -0.39 is 17.6 Å². The molecule has 0 aromatic heterocycles. The van der Waals surface area contributed by atoms with E-state index in [4.69, 9.17) is 46.4 Å². The van der Waals surface area contributed by atoms with E-state index >= 15 is 0 Å². The summed E-state index contributed by atoms with van der Waals surface area (Å²) < 4.78 is 0.416. The molecule has 0 fully saturated rings. The van der Waals surface area contributed by atoms with Crippen molar-refractivity contribution in [3.8, 4) is 5.75 Å². The van der Waals surface area contributed by atoms with Crippen LogP contribution in [-0.4, -0.2) is 16.9 Å². The van der Waals surface area contributed by atoms with Crippen LogP contribution >= 0.6 is 62.3 Å². The van der Waals surface area contributed by atoms with Gasteiger partial charge in [0, 0.05) is 15.8 Å². The first-order chi connectivity index (χ1) is 14.2. The summed E-state index contributed by atoms with van der Waals surface area (Å²) in [6.45, 7) is 0. The van der Waals surface area contributed by atoms with Crippen LogP contribution in [0.3, 0.4) is 0 Å². The Kier molecular flexibility index (Phi) is 7.16. The van der Waals surface area contributed by atoms with Gasteiger partial charge in [-0.15, -0.1) is 0 Å². The lowest BCUT2D eigenvalue weighted by atomic mass is 10.1. The molecule has 0 saturated heterocycles. The Hall–Kier alpha value is -1.96. The lowest BCUT2D eigenvalue weighted by Crippen LogP contribution is -2.16. The van der Waals surface area contributed by atoms with E-state index in [1.165, 1.54) is 36.4 Å². The molecule has 154 valence electrons. The maximum atomic E-state index is 12.7. The molecule has 0 aliphatic heterocycles. The number of hydrogen-bond donors (Lipinski definition) is 3. The van der Waals surface area contributed by atoms with E-state index in [1.54, 1.807) is 12.1 Å². The van der Waals surface area contributed by atoms with Gasteiger partial charge in [0.05, 0.1) is 31.2 Å². The van der Waals surface area contributed by atoms with Gasteiger partial charge in [-0.2, -0.15) is 0 Å². The number of halogens is 5. The predicted molar refractivity (Wildman–Crippen MR) is 125 cm³/mol. The first-order valence-electron chi connectivity index (χ1n) is 8.21. The number of carbonyl (C=O) groups is 2. The minimum absolute atomic E-state index is 0.116. The summed E-state index contributed by atoms with van der Waals surface area (Å²) in [5.74, 6) is -1.78. The van der Waals surface area contributed by atoms with Crippen molar-refractivity contribution in [2.75, 3.05) is 10.6 Å². The van der Waals surface area contributed by atoms with Crippen molar-refractivity contribution in [1.82, 2.24) is 0 Å². The average molecular weight is 549 g/mol. The summed E-state index contributed by atoms with van der Waals surface area (Å²) >= 11 is 26.9. The van der Waals surface area contributed by atoms with Crippen LogP contribution in [0.15, 0.2) is 53.0 Å². The van der Waals surface area contributed by atoms with Gasteiger partial charge in [0.25, 0.3) is 11.8 Å². The molecule has 10 heteroatoms. The van der Waals surface area contributed by atoms with E-state index in [-0.39, 0.29) is 21.2 Å². The standard InChI is InChI=1S/C20H11BrCl4N2O3/c21-9-5-12(19(29)26-10-1-3-14(22)16(24)7-10)18(28)13(6-9)20(30)27-11-2-4-15(23)17(25)8-11/h1-8,28H,(H,26,29)(H,27,30). The first-order valence-corrected chi connectivity index (χ1v) is 10.5. The topological polar surface area (TPSA) is 78.4 Å². The van der Waals surface area contributed by atoms with Crippen molar-refractivity contribution in [1.29, 1.82) is 0 Å². The fourth-order valence-electron chi connectivity index (χ4n) is 2.49. The van der Waals surface area contributed by atoms with Crippen LogP contribution in [0.1, 0.15) is 20.7 Å². The van der Waals surface area contributed by atoms with E-state index in [9.17, 15) is 14.7 Å². The molecular weight excluding hydrogens is 538 g/mol. The van der Waals surface area contributed by atoms with Crippen LogP contribution in [0.4, 0.5) is 11.4 Å². The Morgan fingerprint density at radius 1 is 0.700 bits per heavy atom. The summed E-state index contributed by atoms with van der Waals surface area (Å²) in [5.41, 5.74) is 0.510. The average Bonchev–Trinajstić information content (AvgIpc) is 2.69. The SMILES string of the molecule is O=C(Nc1ccc(Cl)c(Cl)c1)c1cc(Br)cc(C(=O)Nc2ccc(Cl)c(Cl)c2)c1O. The monoisotopic (exact) mass is 546 g/mol. The molecule has 3 N–H and O–H groups in total. The van der Waals surface area contributed by atoms with Crippen molar-refractivity contribution in [3.05, 3.63) is 84.2 Å². The predicted octanol–water partition coefficient (Wildman–Crippen LogP) is 7.27. The van der Waals surface area contributed by atoms with Crippen LogP contribution in [0.5, 0.6) is 5.75 Å². The van der Waals surface area contributed by atoms with Gasteiger partial charge in [0.1, 0.15) is 5.75 Å². The molecular formula is C20H11BrCl4N2O3. The van der Waals surface area contributed by atoms with Crippen molar-refractivity contribution >= 4 is 85.5 Å². The normalized spacial score (nSPS) is 10.6. The Bertz CT molecular complexity index is 1080. The van der Waals surface area contributed by atoms with Crippen LogP contribution < -0.4 is 10.6 Å². The van der Waals surface area contributed by atoms with Crippen LogP contribution in [0.2, 0.25) is 20.1 Å². The fraction of sp³-hybridized carbons (Fsp3) is 0. The molecule has 0 radical (unpaired) electrons. The molecule has 0 bridgehead atoms. The smallest absolute Gasteiger partial charge is 0.259 e. The minimum Gasteiger partial charge on any atom is -0.506 e. The summed E-state index contributed by atoms with van der Waals surface area (Å²) in [5, 5.41) is 17.0. The highest BCUT2D eigenvalue weighted by Crippen LogP contribution is 2.31. The highest BCUT2D eigenvalue weighted by molar-refractivity contribution is 9.10. The Labute approximate surface area is 200 Å². The largest absolute Gasteiger partial charge is 0.506 e. The summed E-state index contributed by atoms with van der Waals surface area (Å²) in [6, 6.07) is 11.9. The molecule has 0 spiro atoms. The Morgan fingerprint density at radius 3 is 1.47 bits per heavy atom. The number of phenolic OH excluding ortho intramolecular Hbond substituents is 1. The van der Waals surface area contributed by atoms with E-state index in [1.807, 2.05) is 0 Å². The van der Waals surface area contributed by atoms with Gasteiger partial charge in [-0.3, -0.25) is 9.59 Å². The van der Waals surface area contributed by atoms with E-state index in [2.05, 4.69) is 26.6 Å².